The molecular formula is C34H52O4S. The SMILES string of the molecule is CC[C@]1(O)CC[C@H]2C(=CC[C@@H]3[C@@H]2CC[C@]2(C)C([C@H](C)C(C[C@H](O)C(C)C)S(=O)(=O)c4ccccc4)CC[C@@H]32)C1. The third-order valence-electron chi connectivity index (χ3n) is 12.3. The lowest BCUT2D eigenvalue weighted by Gasteiger charge is -2.55. The quantitative estimate of drug-likeness (QED) is 0.332. The van der Waals surface area contributed by atoms with Crippen molar-refractivity contribution in [3.8, 4) is 0 Å². The minimum Gasteiger partial charge on any atom is -0.393 e. The molecule has 218 valence electrons. The van der Waals surface area contributed by atoms with Crippen LogP contribution in [0.3, 0.4) is 0 Å². The number of fused-ring (bicyclic) bond motifs is 5. The topological polar surface area (TPSA) is 74.6 Å². The maximum atomic E-state index is 14.1. The van der Waals surface area contributed by atoms with Gasteiger partial charge in [-0.05, 0) is 123 Å². The van der Waals surface area contributed by atoms with Gasteiger partial charge in [0.2, 0.25) is 0 Å². The van der Waals surface area contributed by atoms with Crippen molar-refractivity contribution in [2.45, 2.75) is 121 Å². The molecule has 5 heteroatoms. The van der Waals surface area contributed by atoms with E-state index in [1.165, 1.54) is 24.8 Å². The van der Waals surface area contributed by atoms with Gasteiger partial charge in [-0.2, -0.15) is 0 Å². The van der Waals surface area contributed by atoms with Crippen LogP contribution in [0.25, 0.3) is 0 Å². The van der Waals surface area contributed by atoms with E-state index in [0.29, 0.717) is 40.9 Å². The van der Waals surface area contributed by atoms with E-state index in [1.54, 1.807) is 24.3 Å². The van der Waals surface area contributed by atoms with E-state index in [2.05, 4.69) is 26.8 Å². The van der Waals surface area contributed by atoms with Gasteiger partial charge in [-0.3, -0.25) is 0 Å². The molecule has 5 rings (SSSR count). The molecule has 0 radical (unpaired) electrons. The first-order chi connectivity index (χ1) is 18.4. The second-order valence-electron chi connectivity index (χ2n) is 14.4. The zero-order valence-electron chi connectivity index (χ0n) is 24.9. The van der Waals surface area contributed by atoms with Crippen LogP contribution < -0.4 is 0 Å². The molecule has 1 aromatic rings. The van der Waals surface area contributed by atoms with Crippen molar-refractivity contribution in [1.29, 1.82) is 0 Å². The predicted molar refractivity (Wildman–Crippen MR) is 158 cm³/mol. The number of aliphatic hydroxyl groups excluding tert-OH is 1. The molecule has 2 N–H and O–H groups in total. The minimum absolute atomic E-state index is 0.0147. The Labute approximate surface area is 237 Å². The summed E-state index contributed by atoms with van der Waals surface area (Å²) >= 11 is 0. The van der Waals surface area contributed by atoms with Gasteiger partial charge in [0.05, 0.1) is 21.9 Å². The van der Waals surface area contributed by atoms with Gasteiger partial charge in [0.25, 0.3) is 0 Å². The number of rotatable bonds is 8. The Morgan fingerprint density at radius 3 is 2.38 bits per heavy atom. The molecule has 0 bridgehead atoms. The molecule has 0 aromatic heterocycles. The number of allylic oxidation sites excluding steroid dienone is 1. The second-order valence-corrected chi connectivity index (χ2v) is 16.5. The fraction of sp³-hybridized carbons (Fsp3) is 0.765. The number of hydrogen-bond acceptors (Lipinski definition) is 4. The molecule has 2 unspecified atom stereocenters. The zero-order valence-corrected chi connectivity index (χ0v) is 25.7. The van der Waals surface area contributed by atoms with Crippen LogP contribution in [0.1, 0.15) is 98.8 Å². The highest BCUT2D eigenvalue weighted by atomic mass is 32.2. The lowest BCUT2D eigenvalue weighted by atomic mass is 9.50. The third kappa shape index (κ3) is 5.18. The van der Waals surface area contributed by atoms with Gasteiger partial charge in [0.1, 0.15) is 0 Å². The molecule has 4 aliphatic carbocycles. The Kier molecular flexibility index (Phi) is 8.20. The van der Waals surface area contributed by atoms with Crippen LogP contribution in [0.4, 0.5) is 0 Å². The van der Waals surface area contributed by atoms with Crippen molar-refractivity contribution in [2.24, 2.45) is 46.8 Å². The molecule has 0 saturated heterocycles. The Hall–Kier alpha value is -1.17. The highest BCUT2D eigenvalue weighted by molar-refractivity contribution is 7.92. The van der Waals surface area contributed by atoms with Crippen molar-refractivity contribution < 1.29 is 18.6 Å². The summed E-state index contributed by atoms with van der Waals surface area (Å²) in [5, 5.41) is 21.3. The lowest BCUT2D eigenvalue weighted by molar-refractivity contribution is -0.0464. The smallest absolute Gasteiger partial charge is 0.181 e. The number of sulfone groups is 1. The normalized spacial score (nSPS) is 38.8. The first-order valence-corrected chi connectivity index (χ1v) is 17.3. The van der Waals surface area contributed by atoms with Crippen LogP contribution in [0.15, 0.2) is 46.9 Å². The molecule has 0 heterocycles. The van der Waals surface area contributed by atoms with Crippen LogP contribution in [0, 0.1) is 46.8 Å². The zero-order chi connectivity index (χ0) is 28.2. The molecule has 3 fully saturated rings. The molecule has 4 aliphatic rings. The van der Waals surface area contributed by atoms with Crippen molar-refractivity contribution in [1.82, 2.24) is 0 Å². The van der Waals surface area contributed by atoms with E-state index >= 15 is 0 Å². The van der Waals surface area contributed by atoms with Gasteiger partial charge in [-0.1, -0.05) is 64.5 Å². The van der Waals surface area contributed by atoms with E-state index < -0.39 is 26.8 Å². The van der Waals surface area contributed by atoms with Crippen LogP contribution in [-0.2, 0) is 9.84 Å². The standard InChI is InChI=1S/C34H52O4S/c1-6-34(36)19-17-26-24(21-34)12-13-28-27(26)16-18-33(5)29(14-15-30(28)33)23(4)32(20-31(35)22(2)3)39(37,38)25-10-8-7-9-11-25/h7-12,22-23,26-32,35-36H,6,13-21H2,1-5H3/t23-,26-,27+,28+,29?,30-,31-,32?,33+,34-/m0/s1. The first kappa shape index (κ1) is 29.3. The second kappa shape index (κ2) is 10.9. The van der Waals surface area contributed by atoms with E-state index in [4.69, 9.17) is 0 Å². The average Bonchev–Trinajstić information content (AvgIpc) is 3.28. The Morgan fingerprint density at radius 1 is 1.00 bits per heavy atom. The summed E-state index contributed by atoms with van der Waals surface area (Å²) < 4.78 is 28.2. The maximum absolute atomic E-state index is 14.1. The summed E-state index contributed by atoms with van der Waals surface area (Å²) in [6.45, 7) is 10.7. The highest BCUT2D eigenvalue weighted by Gasteiger charge is 2.58. The molecule has 0 spiro atoms. The summed E-state index contributed by atoms with van der Waals surface area (Å²) in [5.74, 6) is 3.00. The van der Waals surface area contributed by atoms with Crippen molar-refractivity contribution in [3.63, 3.8) is 0 Å². The van der Waals surface area contributed by atoms with Gasteiger partial charge >= 0.3 is 0 Å². The molecular weight excluding hydrogens is 504 g/mol. The Balaban J connectivity index is 1.41. The summed E-state index contributed by atoms with van der Waals surface area (Å²) in [5.41, 5.74) is 1.15. The predicted octanol–water partition coefficient (Wildman–Crippen LogP) is 7.20. The molecule has 4 nitrogen and oxygen atoms in total. The molecule has 3 saturated carbocycles. The molecule has 10 atom stereocenters. The van der Waals surface area contributed by atoms with Crippen LogP contribution >= 0.6 is 0 Å². The summed E-state index contributed by atoms with van der Waals surface area (Å²) in [7, 11) is -3.58. The fourth-order valence-corrected chi connectivity index (χ4v) is 11.8. The Bertz CT molecular complexity index is 1140. The molecule has 39 heavy (non-hydrogen) atoms. The van der Waals surface area contributed by atoms with Crippen LogP contribution in [0.5, 0.6) is 0 Å². The summed E-state index contributed by atoms with van der Waals surface area (Å²) in [6.07, 6.45) is 11.7. The Morgan fingerprint density at radius 2 is 1.72 bits per heavy atom. The van der Waals surface area contributed by atoms with Gasteiger partial charge < -0.3 is 10.2 Å². The fourth-order valence-electron chi connectivity index (χ4n) is 9.75. The van der Waals surface area contributed by atoms with E-state index in [1.807, 2.05) is 19.9 Å². The van der Waals surface area contributed by atoms with Crippen molar-refractivity contribution >= 4 is 9.84 Å². The largest absolute Gasteiger partial charge is 0.393 e. The third-order valence-corrected chi connectivity index (χ3v) is 14.6. The van der Waals surface area contributed by atoms with Crippen molar-refractivity contribution in [3.05, 3.63) is 42.0 Å². The maximum Gasteiger partial charge on any atom is 0.181 e. The molecule has 1 aromatic carbocycles. The van der Waals surface area contributed by atoms with Gasteiger partial charge in [-0.15, -0.1) is 0 Å². The molecule has 0 aliphatic heterocycles. The van der Waals surface area contributed by atoms with E-state index in [-0.39, 0.29) is 17.3 Å². The molecule has 0 amide bonds. The summed E-state index contributed by atoms with van der Waals surface area (Å²) in [6, 6.07) is 8.91. The van der Waals surface area contributed by atoms with Crippen LogP contribution in [-0.4, -0.2) is 35.6 Å². The number of aliphatic hydroxyl groups is 2. The van der Waals surface area contributed by atoms with E-state index in [0.717, 1.165) is 38.5 Å². The first-order valence-electron chi connectivity index (χ1n) is 15.8. The monoisotopic (exact) mass is 556 g/mol. The highest BCUT2D eigenvalue weighted by Crippen LogP contribution is 2.65. The summed E-state index contributed by atoms with van der Waals surface area (Å²) in [4.78, 5) is 0.385. The van der Waals surface area contributed by atoms with Crippen LogP contribution in [0.2, 0.25) is 0 Å². The van der Waals surface area contributed by atoms with E-state index in [9.17, 15) is 18.6 Å². The average molecular weight is 557 g/mol. The van der Waals surface area contributed by atoms with Gasteiger partial charge in [0.15, 0.2) is 9.84 Å². The number of benzene rings is 1. The van der Waals surface area contributed by atoms with Gasteiger partial charge in [-0.25, -0.2) is 8.42 Å². The lowest BCUT2D eigenvalue weighted by Crippen LogP contribution is -2.49. The van der Waals surface area contributed by atoms with Gasteiger partial charge in [0, 0.05) is 0 Å². The van der Waals surface area contributed by atoms with Crippen molar-refractivity contribution in [2.75, 3.05) is 0 Å². The number of hydrogen-bond donors (Lipinski definition) is 2. The minimum atomic E-state index is -3.58.